The van der Waals surface area contributed by atoms with Gasteiger partial charge in [0, 0.05) is 19.4 Å². The van der Waals surface area contributed by atoms with Gasteiger partial charge >= 0.3 is 19.8 Å². The van der Waals surface area contributed by atoms with Crippen LogP contribution in [0, 0.1) is 0 Å². The lowest BCUT2D eigenvalue weighted by Crippen LogP contribution is -2.29. The van der Waals surface area contributed by atoms with Gasteiger partial charge in [0.25, 0.3) is 0 Å². The van der Waals surface area contributed by atoms with E-state index in [4.69, 9.17) is 24.3 Å². The van der Waals surface area contributed by atoms with Gasteiger partial charge in [0.1, 0.15) is 6.61 Å². The van der Waals surface area contributed by atoms with Crippen molar-refractivity contribution in [2.75, 3.05) is 26.4 Å². The maximum absolute atomic E-state index is 12.8. The fraction of sp³-hybridized carbons (Fsp3) is 0.747. The largest absolute Gasteiger partial charge is 0.472 e. The number of allylic oxidation sites excluding steroid dienone is 20. The molecule has 0 aliphatic heterocycles. The number of phosphoric acid groups is 1. The van der Waals surface area contributed by atoms with Crippen LogP contribution >= 0.6 is 7.82 Å². The molecule has 0 aliphatic rings. The Morgan fingerprint density at radius 3 is 0.845 bits per heavy atom. The molecule has 0 heterocycles. The lowest BCUT2D eigenvalue weighted by atomic mass is 10.0. The van der Waals surface area contributed by atoms with E-state index in [-0.39, 0.29) is 38.6 Å². The maximum Gasteiger partial charge on any atom is 0.472 e. The van der Waals surface area contributed by atoms with Crippen LogP contribution in [0.5, 0.6) is 0 Å². The molecule has 2 atom stereocenters. The highest BCUT2D eigenvalue weighted by molar-refractivity contribution is 7.47. The molecule has 0 fully saturated rings. The average Bonchev–Trinajstić information content (AvgIpc) is 2.69. The van der Waals surface area contributed by atoms with Gasteiger partial charge in [-0.05, 0) is 109 Å². The first kappa shape index (κ1) is 93.4. The lowest BCUT2D eigenvalue weighted by molar-refractivity contribution is -0.161. The highest BCUT2D eigenvalue weighted by atomic mass is 31.2. The first-order valence-electron chi connectivity index (χ1n) is 41.0. The van der Waals surface area contributed by atoms with Gasteiger partial charge in [-0.1, -0.05) is 386 Å². The predicted octanol–water partition coefficient (Wildman–Crippen LogP) is 27.8. The lowest BCUT2D eigenvalue weighted by Gasteiger charge is -2.19. The Kier molecular flexibility index (Phi) is 78.4. The summed E-state index contributed by atoms with van der Waals surface area (Å²) in [5, 5.41) is 0. The summed E-state index contributed by atoms with van der Waals surface area (Å²) in [5.74, 6) is -0.822. The highest BCUT2D eigenvalue weighted by Gasteiger charge is 2.26. The number of unbranched alkanes of at least 4 members (excludes halogenated alkanes) is 44. The molecular weight excluding hydrogens is 1220 g/mol. The van der Waals surface area contributed by atoms with Crippen LogP contribution in [-0.2, 0) is 32.7 Å². The number of phosphoric ester groups is 1. The van der Waals surface area contributed by atoms with Gasteiger partial charge in [0.15, 0.2) is 6.10 Å². The molecule has 0 aromatic carbocycles. The van der Waals surface area contributed by atoms with Crippen LogP contribution < -0.4 is 5.73 Å². The van der Waals surface area contributed by atoms with Crippen LogP contribution in [0.1, 0.15) is 386 Å². The number of hydrogen-bond acceptors (Lipinski definition) is 8. The molecule has 0 bridgehead atoms. The summed E-state index contributed by atoms with van der Waals surface area (Å²) in [6.07, 6.45) is 115. The standard InChI is InChI=1S/C87H154NO8P/c1-3-5-7-9-11-13-15-17-19-21-23-25-27-29-31-33-35-37-39-40-41-42-43-44-46-47-49-51-53-55-57-59-61-63-65-67-69-71-73-75-77-79-86(89)93-83-85(84-95-97(91,92)94-82-81-88)96-87(90)80-78-76-74-72-70-68-66-64-62-60-58-56-54-52-50-48-45-38-36-34-32-30-28-26-24-22-20-18-16-14-12-10-8-6-4-2/h6,8,12,14-15,17-18,20-21,23-24,26,30,32,36,38,48,50,54,56,85H,3-5,7,9-11,13,16,19,22,25,27-29,31,33-35,37,39-47,49,51-53,55,57-84,88H2,1-2H3,(H,91,92)/b8-6-,14-12-,17-15-,20-18-,23-21-,26-24-,32-30-,38-36-,50-48-,56-54-. The van der Waals surface area contributed by atoms with Crippen molar-refractivity contribution in [3.63, 3.8) is 0 Å². The van der Waals surface area contributed by atoms with Crippen molar-refractivity contribution >= 4 is 19.8 Å². The van der Waals surface area contributed by atoms with E-state index >= 15 is 0 Å². The second kappa shape index (κ2) is 81.4. The van der Waals surface area contributed by atoms with Crippen molar-refractivity contribution in [2.45, 2.75) is 392 Å². The van der Waals surface area contributed by atoms with E-state index in [1.165, 1.54) is 250 Å². The van der Waals surface area contributed by atoms with Crippen molar-refractivity contribution in [1.82, 2.24) is 0 Å². The van der Waals surface area contributed by atoms with Gasteiger partial charge in [0.05, 0.1) is 13.2 Å². The third kappa shape index (κ3) is 81.3. The quantitative estimate of drug-likeness (QED) is 0.0264. The zero-order chi connectivity index (χ0) is 70.0. The zero-order valence-corrected chi connectivity index (χ0v) is 64.2. The fourth-order valence-electron chi connectivity index (χ4n) is 11.8. The van der Waals surface area contributed by atoms with E-state index < -0.39 is 26.5 Å². The molecular formula is C87H154NO8P. The van der Waals surface area contributed by atoms with Crippen molar-refractivity contribution < 1.29 is 37.6 Å². The Labute approximate surface area is 600 Å². The molecule has 0 aromatic rings. The highest BCUT2D eigenvalue weighted by Crippen LogP contribution is 2.43. The van der Waals surface area contributed by atoms with Gasteiger partial charge in [-0.15, -0.1) is 0 Å². The Morgan fingerprint density at radius 1 is 0.320 bits per heavy atom. The van der Waals surface area contributed by atoms with E-state index in [2.05, 4.69) is 135 Å². The molecule has 560 valence electrons. The molecule has 0 saturated heterocycles. The van der Waals surface area contributed by atoms with Gasteiger partial charge < -0.3 is 20.1 Å². The Morgan fingerprint density at radius 2 is 0.567 bits per heavy atom. The maximum atomic E-state index is 12.8. The Hall–Kier alpha value is -3.59. The average molecular weight is 1370 g/mol. The molecule has 97 heavy (non-hydrogen) atoms. The minimum Gasteiger partial charge on any atom is -0.462 e. The van der Waals surface area contributed by atoms with Crippen LogP contribution in [0.15, 0.2) is 122 Å². The Balaban J connectivity index is 3.80. The molecule has 0 saturated carbocycles. The summed E-state index contributed by atoms with van der Waals surface area (Å²) in [6, 6.07) is 0. The normalized spacial score (nSPS) is 13.5. The summed E-state index contributed by atoms with van der Waals surface area (Å²) in [5.41, 5.74) is 5.42. The molecule has 3 N–H and O–H groups in total. The third-order valence-corrected chi connectivity index (χ3v) is 18.8. The van der Waals surface area contributed by atoms with E-state index in [9.17, 15) is 19.0 Å². The molecule has 0 aromatic heterocycles. The monoisotopic (exact) mass is 1370 g/mol. The zero-order valence-electron chi connectivity index (χ0n) is 63.3. The van der Waals surface area contributed by atoms with E-state index in [1.54, 1.807) is 0 Å². The fourth-order valence-corrected chi connectivity index (χ4v) is 12.6. The minimum atomic E-state index is -4.40. The third-order valence-electron chi connectivity index (χ3n) is 17.8. The summed E-state index contributed by atoms with van der Waals surface area (Å²) in [7, 11) is -4.40. The second-order valence-corrected chi connectivity index (χ2v) is 28.7. The second-order valence-electron chi connectivity index (χ2n) is 27.3. The van der Waals surface area contributed by atoms with E-state index in [0.717, 1.165) is 103 Å². The van der Waals surface area contributed by atoms with Crippen molar-refractivity contribution in [3.05, 3.63) is 122 Å². The number of ether oxygens (including phenoxy) is 2. The number of carbonyl (C=O) groups excluding carboxylic acids is 2. The summed E-state index contributed by atoms with van der Waals surface area (Å²) < 4.78 is 33.3. The number of hydrogen-bond donors (Lipinski definition) is 2. The van der Waals surface area contributed by atoms with Crippen molar-refractivity contribution in [2.24, 2.45) is 5.73 Å². The summed E-state index contributed by atoms with van der Waals surface area (Å²) >= 11 is 0. The van der Waals surface area contributed by atoms with Crippen LogP contribution in [0.2, 0.25) is 0 Å². The van der Waals surface area contributed by atoms with Crippen molar-refractivity contribution in [1.29, 1.82) is 0 Å². The summed E-state index contributed by atoms with van der Waals surface area (Å²) in [6.45, 7) is 3.66. The van der Waals surface area contributed by atoms with Gasteiger partial charge in [0.2, 0.25) is 0 Å². The SMILES string of the molecule is CC/C=C\C/C=C\C/C=C\C/C=C\C/C=C\C/C=C\C/C=C\C/C=C\CCCCCCCCCCCCC(=O)OC(COC(=O)CCCCCCCCCCCCCCCCCCCCCCCCCCCCCCC/C=C\C/C=C\CCCCCCC)COP(=O)(O)OCCN. The molecule has 0 spiro atoms. The molecule has 10 heteroatoms. The van der Waals surface area contributed by atoms with Gasteiger partial charge in [-0.25, -0.2) is 4.57 Å². The van der Waals surface area contributed by atoms with Crippen LogP contribution in [0.3, 0.4) is 0 Å². The van der Waals surface area contributed by atoms with Crippen LogP contribution in [0.4, 0.5) is 0 Å². The number of rotatable bonds is 77. The van der Waals surface area contributed by atoms with E-state index in [1.807, 2.05) is 0 Å². The molecule has 0 aliphatic carbocycles. The molecule has 0 radical (unpaired) electrons. The smallest absolute Gasteiger partial charge is 0.462 e. The first-order valence-corrected chi connectivity index (χ1v) is 42.5. The topological polar surface area (TPSA) is 134 Å². The van der Waals surface area contributed by atoms with Gasteiger partial charge in [-0.3, -0.25) is 18.6 Å². The van der Waals surface area contributed by atoms with Crippen LogP contribution in [0.25, 0.3) is 0 Å². The van der Waals surface area contributed by atoms with Crippen molar-refractivity contribution in [3.8, 4) is 0 Å². The predicted molar refractivity (Wildman–Crippen MR) is 422 cm³/mol. The minimum absolute atomic E-state index is 0.0496. The van der Waals surface area contributed by atoms with Crippen LogP contribution in [-0.4, -0.2) is 49.3 Å². The molecule has 0 rings (SSSR count). The first-order chi connectivity index (χ1) is 47.8. The summed E-state index contributed by atoms with van der Waals surface area (Å²) in [4.78, 5) is 35.5. The van der Waals surface area contributed by atoms with E-state index in [0.29, 0.717) is 6.42 Å². The number of nitrogens with two attached hydrogens (primary N) is 1. The molecule has 9 nitrogen and oxygen atoms in total. The van der Waals surface area contributed by atoms with Gasteiger partial charge in [-0.2, -0.15) is 0 Å². The Bertz CT molecular complexity index is 2020. The molecule has 2 unspecified atom stereocenters. The molecule has 0 amide bonds. The number of esters is 2. The number of carbonyl (C=O) groups is 2.